The lowest BCUT2D eigenvalue weighted by atomic mass is 9.49. The number of amides is 1. The lowest BCUT2D eigenvalue weighted by molar-refractivity contribution is -0.399. The molecule has 137 heavy (non-hydrogen) atoms. The molecule has 45 heteroatoms. The van der Waals surface area contributed by atoms with Crippen LogP contribution in [-0.4, -0.2) is 263 Å². The Morgan fingerprint density at radius 2 is 0.825 bits per heavy atom. The Bertz CT molecular complexity index is 3960. The molecule has 12 unspecified atom stereocenters. The molecule has 4 aliphatic heterocycles. The van der Waals surface area contributed by atoms with Crippen molar-refractivity contribution in [3.63, 3.8) is 0 Å². The van der Waals surface area contributed by atoms with Gasteiger partial charge in [-0.05, 0) is 231 Å². The lowest BCUT2D eigenvalue weighted by Gasteiger charge is -2.55. The highest BCUT2D eigenvalue weighted by molar-refractivity contribution is 7.89. The minimum Gasteiger partial charge on any atom is -0.508 e. The molecule has 26 nitrogen and oxygen atoms in total. The molecule has 12 saturated carbocycles. The van der Waals surface area contributed by atoms with Crippen molar-refractivity contribution in [3.05, 3.63) is 59.7 Å². The molecule has 18 rings (SSSR count). The van der Waals surface area contributed by atoms with Crippen molar-refractivity contribution in [1.82, 2.24) is 4.72 Å². The van der Waals surface area contributed by atoms with E-state index in [0.29, 0.717) is 74.7 Å². The molecular formula is C92H134F18N2O24S. The van der Waals surface area contributed by atoms with Crippen LogP contribution in [0.5, 0.6) is 11.5 Å². The molecular weight excluding hydrogens is 1890 g/mol. The molecule has 2 aromatic carbocycles. The Hall–Kier alpha value is -5.07. The maximum absolute atomic E-state index is 13.6. The number of nitrogens with one attached hydrogen (secondary N) is 1. The van der Waals surface area contributed by atoms with E-state index in [2.05, 4.69) is 15.5 Å². The van der Waals surface area contributed by atoms with Crippen LogP contribution in [0.3, 0.4) is 0 Å². The number of fused-ring (bicyclic) bond motifs is 1. The molecule has 16 N–H and O–H groups in total. The first-order valence-corrected chi connectivity index (χ1v) is 49.3. The summed E-state index contributed by atoms with van der Waals surface area (Å²) in [6.45, 7) is 0.579. The van der Waals surface area contributed by atoms with Gasteiger partial charge in [-0.3, -0.25) is 9.52 Å². The summed E-state index contributed by atoms with van der Waals surface area (Å²) in [5, 5.41) is 145. The summed E-state index contributed by atoms with van der Waals surface area (Å²) in [4.78, 5) is 12.2. The Balaban J connectivity index is 0.000000179. The minimum absolute atomic E-state index is 0.148. The highest BCUT2D eigenvalue weighted by Crippen LogP contribution is 2.64. The van der Waals surface area contributed by atoms with E-state index in [4.69, 9.17) is 95.2 Å². The third kappa shape index (κ3) is 28.0. The second-order valence-electron chi connectivity index (χ2n) is 40.0. The van der Waals surface area contributed by atoms with Gasteiger partial charge in [-0.1, -0.05) is 88.5 Å². The van der Waals surface area contributed by atoms with Crippen LogP contribution in [0.2, 0.25) is 0 Å². The van der Waals surface area contributed by atoms with Gasteiger partial charge < -0.3 is 105 Å². The van der Waals surface area contributed by atoms with Crippen LogP contribution >= 0.6 is 0 Å². The zero-order valence-electron chi connectivity index (χ0n) is 76.2. The van der Waals surface area contributed by atoms with E-state index < -0.39 is 216 Å². The van der Waals surface area contributed by atoms with Crippen molar-refractivity contribution in [2.24, 2.45) is 58.2 Å². The Morgan fingerprint density at radius 3 is 1.14 bits per heavy atom. The van der Waals surface area contributed by atoms with Gasteiger partial charge in [0.2, 0.25) is 21.3 Å². The summed E-state index contributed by atoms with van der Waals surface area (Å²) in [5.74, 6) is -2.79. The molecule has 8 bridgehead atoms. The van der Waals surface area contributed by atoms with E-state index >= 15 is 0 Å². The third-order valence-electron chi connectivity index (χ3n) is 29.7. The highest BCUT2D eigenvalue weighted by atomic mass is 32.2. The van der Waals surface area contributed by atoms with E-state index in [9.17, 15) is 103 Å². The first-order valence-electron chi connectivity index (χ1n) is 47.4. The molecule has 16 aliphatic rings. The first-order chi connectivity index (χ1) is 63.8. The van der Waals surface area contributed by atoms with Crippen molar-refractivity contribution >= 4 is 15.9 Å². The number of phenols is 2. The monoisotopic (exact) mass is 2020 g/mol. The zero-order valence-corrected chi connectivity index (χ0v) is 77.0. The smallest absolute Gasteiger partial charge is 0.426 e. The number of sulfonamides is 1. The number of benzene rings is 2. The van der Waals surface area contributed by atoms with Gasteiger partial charge in [0.15, 0.2) is 24.2 Å². The highest BCUT2D eigenvalue weighted by Gasteiger charge is 2.78. The molecule has 4 saturated heterocycles. The number of aromatic hydroxyl groups is 2. The van der Waals surface area contributed by atoms with Crippen LogP contribution in [0.15, 0.2) is 48.5 Å². The number of ether oxygens (including phenoxy) is 6. The summed E-state index contributed by atoms with van der Waals surface area (Å²) in [7, 11) is -3.42. The topological polar surface area (TPSA) is 446 Å². The lowest BCUT2D eigenvalue weighted by Crippen LogP contribution is -2.65. The number of hydrogen-bond donors (Lipinski definition) is 16. The van der Waals surface area contributed by atoms with Gasteiger partial charge in [0, 0.05) is 50.7 Å². The first kappa shape index (κ1) is 116. The van der Waals surface area contributed by atoms with E-state index in [1.54, 1.807) is 0 Å². The number of unbranched alkanes of at least 4 members (excludes halogenated alkanes) is 9. The van der Waals surface area contributed by atoms with E-state index in [-0.39, 0.29) is 22.8 Å². The number of carbonyl (C=O) groups excluding carboxylic acids is 1. The van der Waals surface area contributed by atoms with E-state index in [1.165, 1.54) is 122 Å². The number of rotatable bonds is 20. The maximum Gasteiger partial charge on any atom is 0.426 e. The Kier molecular flexibility index (Phi) is 40.0. The maximum atomic E-state index is 13.6. The van der Waals surface area contributed by atoms with Crippen LogP contribution < -0.4 is 4.72 Å². The third-order valence-corrected chi connectivity index (χ3v) is 30.3. The van der Waals surface area contributed by atoms with Crippen molar-refractivity contribution in [2.75, 3.05) is 32.7 Å². The summed E-state index contributed by atoms with van der Waals surface area (Å²) >= 11 is 0. The van der Waals surface area contributed by atoms with Crippen molar-refractivity contribution in [3.8, 4) is 17.6 Å². The van der Waals surface area contributed by atoms with Crippen molar-refractivity contribution < 1.29 is 197 Å². The Morgan fingerprint density at radius 1 is 0.460 bits per heavy atom. The number of hydrogen-bond acceptors (Lipinski definition) is 25. The molecule has 12 aliphatic carbocycles. The number of carbonyl (C=O) groups is 1. The molecule has 0 radical (unpaired) electrons. The molecule has 12 atom stereocenters. The Labute approximate surface area is 783 Å². The van der Waals surface area contributed by atoms with E-state index in [0.717, 1.165) is 138 Å². The molecule has 4 heterocycles. The second-order valence-corrected chi connectivity index (χ2v) is 41.7. The fraction of sp³-hybridized carbons (Fsp3) is 0.848. The van der Waals surface area contributed by atoms with E-state index in [1.807, 2.05) is 0 Å². The fourth-order valence-electron chi connectivity index (χ4n) is 23.5. The summed E-state index contributed by atoms with van der Waals surface area (Å²) in [6.07, 6.45) is -13.1. The number of nitriles is 1. The SMILES string of the molecule is CS(=O)(=O)NC(=O)C12CC3CC(CC(C3)C1)C2.N#CC12CC3CC(CC(C3)C1)C2.OC(C1CCC(C(O)(C(F)(F)F)C(F)(F)F)CC1)(C(F)(F)F)C(F)(F)F.OC1C(C2COC3(CCCCC3)O2)OC2OC3(CCCCC3)OC21.OC1CCCC(O)C1O.OCC(O)C1OC(O)C(O)C1O.OCCCCCCCCCCCCO.Oc1ccc(C(c2ccc(O)cc2)(C(F)(F)F)C(F)(F)F)cc1. The molecule has 1 amide bonds. The van der Waals surface area contributed by atoms with Crippen LogP contribution in [0, 0.1) is 69.5 Å². The van der Waals surface area contributed by atoms with Crippen LogP contribution in [0.1, 0.15) is 262 Å². The fourth-order valence-corrected chi connectivity index (χ4v) is 24.0. The largest absolute Gasteiger partial charge is 0.508 e. The predicted octanol–water partition coefficient (Wildman–Crippen LogP) is 14.1. The summed E-state index contributed by atoms with van der Waals surface area (Å²) in [5.41, 5.74) is -17.2. The molecule has 2 aromatic rings. The van der Waals surface area contributed by atoms with Crippen LogP contribution in [0.4, 0.5) is 79.0 Å². The van der Waals surface area contributed by atoms with Crippen molar-refractivity contribution in [1.29, 1.82) is 5.26 Å². The van der Waals surface area contributed by atoms with Gasteiger partial charge >= 0.3 is 37.1 Å². The van der Waals surface area contributed by atoms with Crippen LogP contribution in [0.25, 0.3) is 0 Å². The normalized spacial score (nSPS) is 33.3. The number of nitrogens with zero attached hydrogens (tertiary/aromatic N) is 1. The standard InChI is InChI=1S/C18H28O6.C15H10F6O2.C12H12F12O2.C12H19NO3S.C12H26O2.C11H15N.C6H12O6.C6H12O3/c19-13-14(12-11-20-17(22-12)7-3-1-4-8-17)21-16-15(13)23-18(24-16)9-5-2-6-10-18;16-14(17,18)13(15(19,20)21,9-1-5-11(22)6-2-9)10-3-7-12(23)8-4-10;13-9(14,15)7(25,10(16,17)18)5-1-2-6(4-3-5)8(26,11(19,20)21)12(22,23)24;1-17(15,16)13-11(14)12-5-8-2-9(6-12)4-10(3-8)7-12;13-11-9-7-5-3-1-2-4-6-8-10-12-14;12-7-11-4-8-1-9(5-11)3-10(2-8)6-11;7-1-2(8)5-3(9)4(10)6(11)12-5;7-4-2-1-3-5(8)6(4)9/h12-16,19H,1-11H2;1-8,22-23H;5-6,25-26H,1-4H2;8-10H,2-7H2,1H3,(H,13,14);13-14H,1-12H2;8-10H,1-6H2;2-11H,1H2;4-9H,1-3H2. The molecule has 2 spiro atoms. The zero-order chi connectivity index (χ0) is 102. The van der Waals surface area contributed by atoms with Crippen molar-refractivity contribution in [2.45, 2.75) is 395 Å². The van der Waals surface area contributed by atoms with Gasteiger partial charge in [0.05, 0.1) is 48.6 Å². The van der Waals surface area contributed by atoms with Crippen LogP contribution in [-0.2, 0) is 48.7 Å². The number of aliphatic hydroxyl groups is 13. The summed E-state index contributed by atoms with van der Waals surface area (Å²) in [6, 6.07) is 7.91. The van der Waals surface area contributed by atoms with Gasteiger partial charge in [-0.2, -0.15) is 84.3 Å². The molecule has 788 valence electrons. The second kappa shape index (κ2) is 47.4. The van der Waals surface area contributed by atoms with Gasteiger partial charge in [0.1, 0.15) is 66.4 Å². The summed E-state index contributed by atoms with van der Waals surface area (Å²) < 4.78 is 294. The number of phenolic OH excluding ortho intramolecular Hbond substituents is 2. The average Bonchev–Trinajstić information content (AvgIpc) is 1.43. The van der Waals surface area contributed by atoms with Gasteiger partial charge in [0.25, 0.3) is 11.2 Å². The van der Waals surface area contributed by atoms with Gasteiger partial charge in [-0.25, -0.2) is 8.42 Å². The predicted molar refractivity (Wildman–Crippen MR) is 450 cm³/mol. The van der Waals surface area contributed by atoms with Gasteiger partial charge in [-0.15, -0.1) is 0 Å². The average molecular weight is 2030 g/mol. The molecule has 16 fully saturated rings. The number of aliphatic hydroxyl groups excluding tert-OH is 11. The minimum atomic E-state index is -6.24. The number of halogens is 18. The quantitative estimate of drug-likeness (QED) is 0.0432. The molecule has 0 aromatic heterocycles. The number of alkyl halides is 18.